The summed E-state index contributed by atoms with van der Waals surface area (Å²) in [7, 11) is 0. The molecule has 0 unspecified atom stereocenters. The molecule has 20 heavy (non-hydrogen) atoms. The molecule has 3 nitrogen and oxygen atoms in total. The predicted octanol–water partition coefficient (Wildman–Crippen LogP) is 2.40. The Bertz CT molecular complexity index is 491. The summed E-state index contributed by atoms with van der Waals surface area (Å²) < 4.78 is 14.0. The Labute approximate surface area is 122 Å². The van der Waals surface area contributed by atoms with Crippen molar-refractivity contribution in [3.05, 3.63) is 35.6 Å². The van der Waals surface area contributed by atoms with Crippen molar-refractivity contribution < 1.29 is 9.18 Å². The van der Waals surface area contributed by atoms with Gasteiger partial charge in [-0.25, -0.2) is 4.39 Å². The third kappa shape index (κ3) is 2.83. The first-order valence-electron chi connectivity index (χ1n) is 7.12. The van der Waals surface area contributed by atoms with Crippen LogP contribution in [-0.2, 0) is 4.79 Å². The summed E-state index contributed by atoms with van der Waals surface area (Å²) in [6.45, 7) is 2.79. The summed E-state index contributed by atoms with van der Waals surface area (Å²) in [6.07, 6.45) is 2.19. The zero-order chi connectivity index (χ0) is 13.9. The molecule has 2 heterocycles. The van der Waals surface area contributed by atoms with E-state index >= 15 is 0 Å². The van der Waals surface area contributed by atoms with Crippen LogP contribution in [0.4, 0.5) is 4.39 Å². The van der Waals surface area contributed by atoms with Crippen LogP contribution in [0.5, 0.6) is 0 Å². The van der Waals surface area contributed by atoms with Gasteiger partial charge in [0.25, 0.3) is 0 Å². The van der Waals surface area contributed by atoms with Crippen molar-refractivity contribution in [1.29, 1.82) is 0 Å². The molecule has 3 rings (SSSR count). The molecule has 2 saturated heterocycles. The quantitative estimate of drug-likeness (QED) is 0.929. The summed E-state index contributed by atoms with van der Waals surface area (Å²) in [5, 5.41) is 3.18. The van der Waals surface area contributed by atoms with Gasteiger partial charge < -0.3 is 10.2 Å². The molecule has 2 aliphatic heterocycles. The van der Waals surface area contributed by atoms with Crippen molar-refractivity contribution in [3.8, 4) is 0 Å². The lowest BCUT2D eigenvalue weighted by molar-refractivity contribution is -0.128. The van der Waals surface area contributed by atoms with Gasteiger partial charge in [-0.15, -0.1) is 11.8 Å². The lowest BCUT2D eigenvalue weighted by atomic mass is 9.97. The van der Waals surface area contributed by atoms with Crippen molar-refractivity contribution in [3.63, 3.8) is 0 Å². The van der Waals surface area contributed by atoms with Crippen LogP contribution in [-0.4, -0.2) is 36.2 Å². The zero-order valence-corrected chi connectivity index (χ0v) is 12.2. The van der Waals surface area contributed by atoms with Crippen molar-refractivity contribution in [2.24, 2.45) is 5.92 Å². The molecule has 2 fully saturated rings. The monoisotopic (exact) mass is 294 g/mol. The SMILES string of the molecule is O=C1CS[C@H](c2ccccc2F)N1CC1CCNCC1. The van der Waals surface area contributed by atoms with Crippen LogP contribution < -0.4 is 5.32 Å². The Morgan fingerprint density at radius 2 is 2.05 bits per heavy atom. The van der Waals surface area contributed by atoms with Crippen LogP contribution in [0.3, 0.4) is 0 Å². The first kappa shape index (κ1) is 13.9. The van der Waals surface area contributed by atoms with Gasteiger partial charge in [-0.1, -0.05) is 18.2 Å². The fourth-order valence-electron chi connectivity index (χ4n) is 2.93. The van der Waals surface area contributed by atoms with Gasteiger partial charge in [-0.05, 0) is 37.9 Å². The van der Waals surface area contributed by atoms with E-state index in [-0.39, 0.29) is 17.1 Å². The molecule has 1 aromatic carbocycles. The number of carbonyl (C=O) groups excluding carboxylic acids is 1. The smallest absolute Gasteiger partial charge is 0.233 e. The van der Waals surface area contributed by atoms with Crippen LogP contribution in [0.1, 0.15) is 23.8 Å². The largest absolute Gasteiger partial charge is 0.325 e. The second-order valence-corrected chi connectivity index (χ2v) is 6.49. The minimum absolute atomic E-state index is 0.141. The molecule has 0 radical (unpaired) electrons. The first-order chi connectivity index (χ1) is 9.75. The van der Waals surface area contributed by atoms with E-state index < -0.39 is 0 Å². The fraction of sp³-hybridized carbons (Fsp3) is 0.533. The molecule has 0 saturated carbocycles. The molecule has 5 heteroatoms. The average molecular weight is 294 g/mol. The Hall–Kier alpha value is -1.07. The number of piperidine rings is 1. The first-order valence-corrected chi connectivity index (χ1v) is 8.17. The Kier molecular flexibility index (Phi) is 4.27. The number of nitrogens with one attached hydrogen (secondary N) is 1. The molecule has 0 spiro atoms. The molecular weight excluding hydrogens is 275 g/mol. The van der Waals surface area contributed by atoms with Crippen molar-refractivity contribution in [2.45, 2.75) is 18.2 Å². The maximum atomic E-state index is 14.0. The third-order valence-electron chi connectivity index (χ3n) is 4.05. The number of amides is 1. The highest BCUT2D eigenvalue weighted by Crippen LogP contribution is 2.40. The highest BCUT2D eigenvalue weighted by atomic mass is 32.2. The van der Waals surface area contributed by atoms with E-state index in [9.17, 15) is 9.18 Å². The number of halogens is 1. The fourth-order valence-corrected chi connectivity index (χ4v) is 4.15. The summed E-state index contributed by atoms with van der Waals surface area (Å²) in [6, 6.07) is 6.80. The molecule has 1 N–H and O–H groups in total. The molecule has 0 aromatic heterocycles. The minimum atomic E-state index is -0.213. The van der Waals surface area contributed by atoms with E-state index in [2.05, 4.69) is 5.32 Å². The molecule has 2 aliphatic rings. The number of carbonyl (C=O) groups is 1. The van der Waals surface area contributed by atoms with Gasteiger partial charge in [-0.2, -0.15) is 0 Å². The van der Waals surface area contributed by atoms with Crippen LogP contribution in [0.15, 0.2) is 24.3 Å². The van der Waals surface area contributed by atoms with Crippen LogP contribution in [0.25, 0.3) is 0 Å². The van der Waals surface area contributed by atoms with Gasteiger partial charge in [0.1, 0.15) is 11.2 Å². The molecule has 0 aliphatic carbocycles. The third-order valence-corrected chi connectivity index (χ3v) is 5.29. The summed E-state index contributed by atoms with van der Waals surface area (Å²) in [5.41, 5.74) is 0.636. The van der Waals surface area contributed by atoms with Crippen molar-refractivity contribution in [2.75, 3.05) is 25.4 Å². The predicted molar refractivity (Wildman–Crippen MR) is 78.9 cm³/mol. The van der Waals surface area contributed by atoms with Gasteiger partial charge in [0, 0.05) is 12.1 Å². The lowest BCUT2D eigenvalue weighted by Gasteiger charge is -2.31. The standard InChI is InChI=1S/C15H19FN2OS/c16-13-4-2-1-3-12(13)15-18(14(19)10-20-15)9-11-5-7-17-8-6-11/h1-4,11,15,17H,5-10H2/t15-/m1/s1. The van der Waals surface area contributed by atoms with E-state index in [0.717, 1.165) is 32.5 Å². The highest BCUT2D eigenvalue weighted by Gasteiger charge is 2.35. The van der Waals surface area contributed by atoms with E-state index in [0.29, 0.717) is 17.2 Å². The molecule has 1 amide bonds. The number of hydrogen-bond donors (Lipinski definition) is 1. The maximum Gasteiger partial charge on any atom is 0.233 e. The molecule has 108 valence electrons. The summed E-state index contributed by atoms with van der Waals surface area (Å²) >= 11 is 1.54. The van der Waals surface area contributed by atoms with E-state index in [1.165, 1.54) is 17.8 Å². The molecule has 1 atom stereocenters. The van der Waals surface area contributed by atoms with Gasteiger partial charge in [0.2, 0.25) is 5.91 Å². The minimum Gasteiger partial charge on any atom is -0.325 e. The van der Waals surface area contributed by atoms with E-state index in [1.807, 2.05) is 11.0 Å². The number of rotatable bonds is 3. The van der Waals surface area contributed by atoms with Crippen molar-refractivity contribution in [1.82, 2.24) is 10.2 Å². The second kappa shape index (κ2) is 6.14. The van der Waals surface area contributed by atoms with Crippen molar-refractivity contribution >= 4 is 17.7 Å². The normalized spacial score (nSPS) is 24.4. The van der Waals surface area contributed by atoms with E-state index in [1.54, 1.807) is 12.1 Å². The molecular formula is C15H19FN2OS. The second-order valence-electron chi connectivity index (χ2n) is 5.42. The number of benzene rings is 1. The van der Waals surface area contributed by atoms with E-state index in [4.69, 9.17) is 0 Å². The van der Waals surface area contributed by atoms with Gasteiger partial charge in [0.15, 0.2) is 0 Å². The average Bonchev–Trinajstić information content (AvgIpc) is 2.82. The van der Waals surface area contributed by atoms with Gasteiger partial charge in [0.05, 0.1) is 5.75 Å². The number of thioether (sulfide) groups is 1. The number of hydrogen-bond acceptors (Lipinski definition) is 3. The Morgan fingerprint density at radius 3 is 2.80 bits per heavy atom. The maximum absolute atomic E-state index is 14.0. The van der Waals surface area contributed by atoms with Gasteiger partial charge >= 0.3 is 0 Å². The molecule has 0 bridgehead atoms. The van der Waals surface area contributed by atoms with Crippen LogP contribution in [0.2, 0.25) is 0 Å². The highest BCUT2D eigenvalue weighted by molar-refractivity contribution is 8.00. The zero-order valence-electron chi connectivity index (χ0n) is 11.3. The topological polar surface area (TPSA) is 32.3 Å². The number of nitrogens with zero attached hydrogens (tertiary/aromatic N) is 1. The lowest BCUT2D eigenvalue weighted by Crippen LogP contribution is -2.38. The van der Waals surface area contributed by atoms with Crippen LogP contribution >= 0.6 is 11.8 Å². The summed E-state index contributed by atoms with van der Waals surface area (Å²) in [5.74, 6) is 0.925. The molecule has 1 aromatic rings. The Balaban J connectivity index is 1.76. The van der Waals surface area contributed by atoms with Gasteiger partial charge in [-0.3, -0.25) is 4.79 Å². The summed E-state index contributed by atoms with van der Waals surface area (Å²) in [4.78, 5) is 14.0. The van der Waals surface area contributed by atoms with Crippen LogP contribution in [0, 0.1) is 11.7 Å². The Morgan fingerprint density at radius 1 is 1.30 bits per heavy atom.